The van der Waals surface area contributed by atoms with Gasteiger partial charge in [0.1, 0.15) is 0 Å². The fourth-order valence-electron chi connectivity index (χ4n) is 3.61. The number of nitrogens with one attached hydrogen (secondary N) is 1. The van der Waals surface area contributed by atoms with Crippen molar-refractivity contribution in [1.29, 1.82) is 0 Å². The first-order valence-electron chi connectivity index (χ1n) is 9.81. The van der Waals surface area contributed by atoms with Crippen LogP contribution in [0.1, 0.15) is 81.7 Å². The van der Waals surface area contributed by atoms with Gasteiger partial charge in [0.25, 0.3) is 17.7 Å². The molecule has 2 aromatic rings. The van der Waals surface area contributed by atoms with Gasteiger partial charge < -0.3 is 5.32 Å². The van der Waals surface area contributed by atoms with Gasteiger partial charge in [0.2, 0.25) is 0 Å². The summed E-state index contributed by atoms with van der Waals surface area (Å²) in [6, 6.07) is 10.7. The summed E-state index contributed by atoms with van der Waals surface area (Å²) in [6.45, 7) is 12.1. The van der Waals surface area contributed by atoms with Gasteiger partial charge in [0.15, 0.2) is 0 Å². The highest BCUT2D eigenvalue weighted by molar-refractivity contribution is 6.22. The minimum absolute atomic E-state index is 0.146. The minimum atomic E-state index is -0.398. The molecule has 0 aromatic heterocycles. The Hall–Kier alpha value is -3.21. The number of benzene rings is 2. The molecule has 0 saturated carbocycles. The van der Waals surface area contributed by atoms with Gasteiger partial charge in [-0.25, -0.2) is 0 Å². The Kier molecular flexibility index (Phi) is 5.69. The number of para-hydroxylation sites is 1. The Labute approximate surface area is 171 Å². The van der Waals surface area contributed by atoms with Crippen LogP contribution in [0.3, 0.4) is 0 Å². The third-order valence-electron chi connectivity index (χ3n) is 5.16. The highest BCUT2D eigenvalue weighted by Gasteiger charge is 2.35. The number of amides is 3. The Bertz CT molecular complexity index is 979. The van der Waals surface area contributed by atoms with Crippen LogP contribution in [-0.2, 0) is 0 Å². The van der Waals surface area contributed by atoms with Crippen LogP contribution in [0.25, 0.3) is 0 Å². The highest BCUT2D eigenvalue weighted by Crippen LogP contribution is 2.33. The molecule has 3 rings (SSSR count). The van der Waals surface area contributed by atoms with Crippen LogP contribution in [0, 0.1) is 0 Å². The molecule has 3 amide bonds. The lowest BCUT2D eigenvalue weighted by molar-refractivity contribution is 0.0672. The molecule has 0 saturated heterocycles. The Morgan fingerprint density at radius 1 is 1.00 bits per heavy atom. The normalized spacial score (nSPS) is 13.2. The molecular weight excluding hydrogens is 364 g/mol. The number of fused-ring (bicyclic) bond motifs is 1. The van der Waals surface area contributed by atoms with Gasteiger partial charge in [-0.1, -0.05) is 52.0 Å². The predicted molar refractivity (Wildman–Crippen MR) is 115 cm³/mol. The maximum Gasteiger partial charge on any atom is 0.261 e. The van der Waals surface area contributed by atoms with Crippen LogP contribution in [0.5, 0.6) is 0 Å². The number of imide groups is 1. The fourth-order valence-corrected chi connectivity index (χ4v) is 3.61. The zero-order chi connectivity index (χ0) is 21.3. The third kappa shape index (κ3) is 3.73. The van der Waals surface area contributed by atoms with Crippen LogP contribution >= 0.6 is 0 Å². The Balaban J connectivity index is 1.96. The first-order chi connectivity index (χ1) is 13.8. The van der Waals surface area contributed by atoms with Crippen LogP contribution in [0.4, 0.5) is 5.69 Å². The zero-order valence-electron chi connectivity index (χ0n) is 17.3. The number of anilines is 1. The van der Waals surface area contributed by atoms with Gasteiger partial charge in [-0.3, -0.25) is 19.3 Å². The molecule has 0 unspecified atom stereocenters. The van der Waals surface area contributed by atoms with Crippen LogP contribution in [0.15, 0.2) is 49.1 Å². The molecule has 1 N–H and O–H groups in total. The largest absolute Gasteiger partial charge is 0.321 e. The molecule has 1 heterocycles. The third-order valence-corrected chi connectivity index (χ3v) is 5.16. The van der Waals surface area contributed by atoms with E-state index in [2.05, 4.69) is 39.6 Å². The van der Waals surface area contributed by atoms with Crippen LogP contribution in [0.2, 0.25) is 0 Å². The molecule has 0 fully saturated rings. The molecule has 1 aliphatic heterocycles. The van der Waals surface area contributed by atoms with Gasteiger partial charge in [-0.2, -0.15) is 0 Å². The summed E-state index contributed by atoms with van der Waals surface area (Å²) in [6.07, 6.45) is 1.51. The predicted octanol–water partition coefficient (Wildman–Crippen LogP) is 4.97. The lowest BCUT2D eigenvalue weighted by Gasteiger charge is -2.20. The first-order valence-corrected chi connectivity index (χ1v) is 9.81. The summed E-state index contributed by atoms with van der Waals surface area (Å²) >= 11 is 0. The molecule has 1 aliphatic rings. The number of carbonyl (C=O) groups excluding carboxylic acids is 3. The fraction of sp³-hybridized carbons (Fsp3) is 0.292. The summed E-state index contributed by atoms with van der Waals surface area (Å²) in [5.41, 5.74) is 3.87. The average molecular weight is 390 g/mol. The van der Waals surface area contributed by atoms with Crippen molar-refractivity contribution in [3.63, 3.8) is 0 Å². The standard InChI is InChI=1S/C24H26N2O3/c1-6-12-26-23(28)19-11-10-16(13-20(19)24(26)29)22(27)25-21-17(14(2)3)8-7-9-18(21)15(4)5/h6-11,13-15H,1,12H2,2-5H3,(H,25,27). The smallest absolute Gasteiger partial charge is 0.261 e. The SMILES string of the molecule is C=CCN1C(=O)c2ccc(C(=O)Nc3c(C(C)C)cccc3C(C)C)cc2C1=O. The van der Waals surface area contributed by atoms with E-state index < -0.39 is 5.91 Å². The summed E-state index contributed by atoms with van der Waals surface area (Å²) in [5.74, 6) is -0.564. The monoisotopic (exact) mass is 390 g/mol. The first kappa shape index (κ1) is 20.5. The number of nitrogens with zero attached hydrogens (tertiary/aromatic N) is 1. The average Bonchev–Trinajstić information content (AvgIpc) is 2.92. The number of hydrogen-bond donors (Lipinski definition) is 1. The summed E-state index contributed by atoms with van der Waals surface area (Å²) in [5, 5.41) is 3.05. The van der Waals surface area contributed by atoms with E-state index in [1.54, 1.807) is 12.1 Å². The quantitative estimate of drug-likeness (QED) is 0.559. The van der Waals surface area contributed by atoms with Gasteiger partial charge >= 0.3 is 0 Å². The maximum absolute atomic E-state index is 13.0. The molecule has 0 aliphatic carbocycles. The Morgan fingerprint density at radius 2 is 1.59 bits per heavy atom. The molecule has 0 radical (unpaired) electrons. The van der Waals surface area contributed by atoms with Gasteiger partial charge in [0.05, 0.1) is 11.1 Å². The molecule has 150 valence electrons. The van der Waals surface area contributed by atoms with E-state index in [1.807, 2.05) is 18.2 Å². The second-order valence-corrected chi connectivity index (χ2v) is 7.84. The van der Waals surface area contributed by atoms with E-state index >= 15 is 0 Å². The van der Waals surface area contributed by atoms with E-state index in [0.717, 1.165) is 21.7 Å². The summed E-state index contributed by atoms with van der Waals surface area (Å²) in [7, 11) is 0. The second-order valence-electron chi connectivity index (χ2n) is 7.84. The molecule has 0 spiro atoms. The molecule has 5 heteroatoms. The van der Waals surface area contributed by atoms with Crippen molar-refractivity contribution < 1.29 is 14.4 Å². The van der Waals surface area contributed by atoms with Crippen molar-refractivity contribution in [2.75, 3.05) is 11.9 Å². The second kappa shape index (κ2) is 8.03. The molecule has 2 aromatic carbocycles. The summed E-state index contributed by atoms with van der Waals surface area (Å²) < 4.78 is 0. The lowest BCUT2D eigenvalue weighted by atomic mass is 9.92. The van der Waals surface area contributed by atoms with Crippen molar-refractivity contribution in [3.05, 3.63) is 76.9 Å². The maximum atomic E-state index is 13.0. The van der Waals surface area contributed by atoms with Gasteiger partial charge in [0, 0.05) is 17.8 Å². The van der Waals surface area contributed by atoms with E-state index in [0.29, 0.717) is 11.1 Å². The van der Waals surface area contributed by atoms with Crippen molar-refractivity contribution >= 4 is 23.4 Å². The van der Waals surface area contributed by atoms with Crippen molar-refractivity contribution in [1.82, 2.24) is 4.90 Å². The number of hydrogen-bond acceptors (Lipinski definition) is 3. The molecule has 29 heavy (non-hydrogen) atoms. The van der Waals surface area contributed by atoms with E-state index in [-0.39, 0.29) is 35.8 Å². The van der Waals surface area contributed by atoms with Crippen molar-refractivity contribution in [3.8, 4) is 0 Å². The van der Waals surface area contributed by atoms with Gasteiger partial charge in [-0.05, 0) is 41.2 Å². The van der Waals surface area contributed by atoms with Crippen molar-refractivity contribution in [2.24, 2.45) is 0 Å². The molecule has 0 bridgehead atoms. The topological polar surface area (TPSA) is 66.5 Å². The van der Waals surface area contributed by atoms with E-state index in [9.17, 15) is 14.4 Å². The minimum Gasteiger partial charge on any atom is -0.321 e. The molecular formula is C24H26N2O3. The number of carbonyl (C=O) groups is 3. The number of rotatable bonds is 6. The zero-order valence-corrected chi connectivity index (χ0v) is 17.3. The van der Waals surface area contributed by atoms with Crippen LogP contribution < -0.4 is 5.32 Å². The highest BCUT2D eigenvalue weighted by atomic mass is 16.2. The van der Waals surface area contributed by atoms with E-state index in [4.69, 9.17) is 0 Å². The lowest BCUT2D eigenvalue weighted by Crippen LogP contribution is -2.29. The van der Waals surface area contributed by atoms with Crippen LogP contribution in [-0.4, -0.2) is 29.2 Å². The summed E-state index contributed by atoms with van der Waals surface area (Å²) in [4.78, 5) is 39.1. The van der Waals surface area contributed by atoms with E-state index in [1.165, 1.54) is 12.1 Å². The molecule has 0 atom stereocenters. The molecule has 5 nitrogen and oxygen atoms in total. The Morgan fingerprint density at radius 3 is 2.14 bits per heavy atom. The van der Waals surface area contributed by atoms with Crippen molar-refractivity contribution in [2.45, 2.75) is 39.5 Å². The van der Waals surface area contributed by atoms with Gasteiger partial charge in [-0.15, -0.1) is 6.58 Å².